The van der Waals surface area contributed by atoms with Crippen LogP contribution >= 0.6 is 11.6 Å². The van der Waals surface area contributed by atoms with E-state index in [-0.39, 0.29) is 18.3 Å². The quantitative estimate of drug-likeness (QED) is 0.627. The van der Waals surface area contributed by atoms with Crippen molar-refractivity contribution in [2.45, 2.75) is 38.5 Å². The first-order valence-electron chi connectivity index (χ1n) is 10.7. The maximum absolute atomic E-state index is 13.5. The lowest BCUT2D eigenvalue weighted by molar-refractivity contribution is -0.138. The molecule has 0 saturated heterocycles. The number of nitrogens with one attached hydrogen (secondary N) is 1. The van der Waals surface area contributed by atoms with E-state index in [9.17, 15) is 9.59 Å². The van der Waals surface area contributed by atoms with Gasteiger partial charge in [0.1, 0.15) is 5.75 Å². The number of hydrogen-bond donors (Lipinski definition) is 1. The van der Waals surface area contributed by atoms with Crippen molar-refractivity contribution in [3.05, 3.63) is 87.2 Å². The van der Waals surface area contributed by atoms with Crippen LogP contribution in [-0.4, -0.2) is 25.5 Å². The van der Waals surface area contributed by atoms with Gasteiger partial charge < -0.3 is 14.8 Å². The van der Waals surface area contributed by atoms with Crippen LogP contribution in [0.3, 0.4) is 0 Å². The van der Waals surface area contributed by atoms with Crippen LogP contribution in [0.2, 0.25) is 5.02 Å². The molecule has 6 heteroatoms. The number of halogens is 1. The van der Waals surface area contributed by atoms with E-state index in [2.05, 4.69) is 5.32 Å². The van der Waals surface area contributed by atoms with E-state index in [1.165, 1.54) is 0 Å². The molecular formula is C26H26ClNO4. The van der Waals surface area contributed by atoms with Gasteiger partial charge in [-0.2, -0.15) is 0 Å². The summed E-state index contributed by atoms with van der Waals surface area (Å²) in [5, 5.41) is 3.91. The average molecular weight is 452 g/mol. The molecule has 1 aliphatic carbocycles. The fourth-order valence-electron chi connectivity index (χ4n) is 4.65. The fourth-order valence-corrected chi connectivity index (χ4v) is 4.85. The molecule has 0 bridgehead atoms. The number of ketones is 1. The zero-order valence-electron chi connectivity index (χ0n) is 18.4. The minimum atomic E-state index is -0.506. The molecule has 2 aromatic carbocycles. The van der Waals surface area contributed by atoms with Gasteiger partial charge >= 0.3 is 5.97 Å². The van der Waals surface area contributed by atoms with Gasteiger partial charge in [0.25, 0.3) is 0 Å². The highest BCUT2D eigenvalue weighted by molar-refractivity contribution is 6.30. The summed E-state index contributed by atoms with van der Waals surface area (Å²) < 4.78 is 10.6. The van der Waals surface area contributed by atoms with Gasteiger partial charge in [0.05, 0.1) is 19.3 Å². The standard InChI is InChI=1S/C26H26ClNO4/c1-4-32-26(30)23-15(2)28-21-13-18(16-8-10-20(31-3)11-9-16)14-22(29)25(21)24(23)17-6-5-7-19(27)12-17/h5-12,18,24,28H,4,13-14H2,1-3H3/t18-,24+/m0/s1. The van der Waals surface area contributed by atoms with E-state index in [1.807, 2.05) is 49.4 Å². The molecule has 166 valence electrons. The third-order valence-corrected chi connectivity index (χ3v) is 6.33. The van der Waals surface area contributed by atoms with E-state index >= 15 is 0 Å². The third kappa shape index (κ3) is 4.17. The maximum atomic E-state index is 13.5. The zero-order chi connectivity index (χ0) is 22.8. The third-order valence-electron chi connectivity index (χ3n) is 6.09. The minimum Gasteiger partial charge on any atom is -0.497 e. The Morgan fingerprint density at radius 2 is 1.88 bits per heavy atom. The summed E-state index contributed by atoms with van der Waals surface area (Å²) >= 11 is 6.27. The van der Waals surface area contributed by atoms with Crippen molar-refractivity contribution in [2.24, 2.45) is 0 Å². The number of hydrogen-bond acceptors (Lipinski definition) is 5. The Morgan fingerprint density at radius 3 is 2.53 bits per heavy atom. The first kappa shape index (κ1) is 22.2. The van der Waals surface area contributed by atoms with E-state index in [4.69, 9.17) is 21.1 Å². The predicted molar refractivity (Wildman–Crippen MR) is 124 cm³/mol. The zero-order valence-corrected chi connectivity index (χ0v) is 19.2. The summed E-state index contributed by atoms with van der Waals surface area (Å²) in [6, 6.07) is 15.2. The van der Waals surface area contributed by atoms with Crippen molar-refractivity contribution in [1.29, 1.82) is 0 Å². The average Bonchev–Trinajstić information content (AvgIpc) is 2.78. The highest BCUT2D eigenvalue weighted by Gasteiger charge is 2.41. The SMILES string of the molecule is CCOC(=O)C1=C(C)NC2=C(C(=O)C[C@@H](c3ccc(OC)cc3)C2)[C@@H]1c1cccc(Cl)c1. The van der Waals surface area contributed by atoms with Crippen LogP contribution in [0.1, 0.15) is 49.7 Å². The first-order chi connectivity index (χ1) is 15.4. The highest BCUT2D eigenvalue weighted by atomic mass is 35.5. The molecule has 1 heterocycles. The maximum Gasteiger partial charge on any atom is 0.336 e. The molecule has 0 amide bonds. The largest absolute Gasteiger partial charge is 0.497 e. The van der Waals surface area contributed by atoms with E-state index in [0.29, 0.717) is 34.7 Å². The van der Waals surface area contributed by atoms with Crippen molar-refractivity contribution in [2.75, 3.05) is 13.7 Å². The van der Waals surface area contributed by atoms with Gasteiger partial charge in [-0.05, 0) is 61.6 Å². The second-order valence-corrected chi connectivity index (χ2v) is 8.50. The molecule has 4 rings (SSSR count). The predicted octanol–water partition coefficient (Wildman–Crippen LogP) is 5.27. The minimum absolute atomic E-state index is 0.0267. The Hall–Kier alpha value is -3.05. The van der Waals surface area contributed by atoms with Gasteiger partial charge in [-0.3, -0.25) is 4.79 Å². The second-order valence-electron chi connectivity index (χ2n) is 8.07. The summed E-state index contributed by atoms with van der Waals surface area (Å²) in [6.45, 7) is 3.89. The van der Waals surface area contributed by atoms with E-state index in [1.54, 1.807) is 20.1 Å². The molecule has 0 unspecified atom stereocenters. The number of ether oxygens (including phenoxy) is 2. The molecule has 0 aromatic heterocycles. The van der Waals surface area contributed by atoms with Gasteiger partial charge in [0.15, 0.2) is 5.78 Å². The van der Waals surface area contributed by atoms with Crippen molar-refractivity contribution in [3.8, 4) is 5.75 Å². The molecule has 0 spiro atoms. The van der Waals surface area contributed by atoms with Crippen LogP contribution in [-0.2, 0) is 14.3 Å². The molecular weight excluding hydrogens is 426 g/mol. The number of methoxy groups -OCH3 is 1. The molecule has 0 fully saturated rings. The number of carbonyl (C=O) groups excluding carboxylic acids is 2. The molecule has 2 aromatic rings. The number of rotatable bonds is 5. The van der Waals surface area contributed by atoms with Crippen molar-refractivity contribution < 1.29 is 19.1 Å². The van der Waals surface area contributed by atoms with Crippen LogP contribution in [0.15, 0.2) is 71.1 Å². The summed E-state index contributed by atoms with van der Waals surface area (Å²) in [5.74, 6) is -0.0617. The number of esters is 1. The summed E-state index contributed by atoms with van der Waals surface area (Å²) in [7, 11) is 1.63. The van der Waals surface area contributed by atoms with E-state index < -0.39 is 11.9 Å². The Kier molecular flexibility index (Phi) is 6.38. The van der Waals surface area contributed by atoms with Gasteiger partial charge in [0.2, 0.25) is 0 Å². The molecule has 0 radical (unpaired) electrons. The normalized spacial score (nSPS) is 20.6. The number of dihydropyridines is 1. The molecule has 1 aliphatic heterocycles. The van der Waals surface area contributed by atoms with Crippen LogP contribution < -0.4 is 10.1 Å². The summed E-state index contributed by atoms with van der Waals surface area (Å²) in [4.78, 5) is 26.4. The Morgan fingerprint density at radius 1 is 1.12 bits per heavy atom. The summed E-state index contributed by atoms with van der Waals surface area (Å²) in [5.41, 5.74) is 4.55. The highest BCUT2D eigenvalue weighted by Crippen LogP contribution is 2.46. The molecule has 32 heavy (non-hydrogen) atoms. The van der Waals surface area contributed by atoms with Gasteiger partial charge in [-0.25, -0.2) is 4.79 Å². The smallest absolute Gasteiger partial charge is 0.336 e. The lowest BCUT2D eigenvalue weighted by atomic mass is 9.72. The molecule has 0 saturated carbocycles. The van der Waals surface area contributed by atoms with Gasteiger partial charge in [0, 0.05) is 34.3 Å². The Bertz CT molecular complexity index is 1120. The van der Waals surface area contributed by atoms with Crippen molar-refractivity contribution in [1.82, 2.24) is 5.32 Å². The number of Topliss-reactive ketones (excluding diaryl/α,β-unsaturated/α-hetero) is 1. The molecule has 2 aliphatic rings. The van der Waals surface area contributed by atoms with Crippen molar-refractivity contribution >= 4 is 23.4 Å². The number of benzene rings is 2. The Labute approximate surface area is 193 Å². The van der Waals surface area contributed by atoms with Crippen LogP contribution in [0.4, 0.5) is 0 Å². The topological polar surface area (TPSA) is 64.6 Å². The number of carbonyl (C=O) groups is 2. The van der Waals surface area contributed by atoms with Crippen molar-refractivity contribution in [3.63, 3.8) is 0 Å². The van der Waals surface area contributed by atoms with Gasteiger partial charge in [-0.15, -0.1) is 0 Å². The number of allylic oxidation sites excluding steroid dienone is 3. The molecule has 1 N–H and O–H groups in total. The monoisotopic (exact) mass is 451 g/mol. The van der Waals surface area contributed by atoms with E-state index in [0.717, 1.165) is 22.6 Å². The fraction of sp³-hybridized carbons (Fsp3) is 0.308. The van der Waals surface area contributed by atoms with Crippen LogP contribution in [0.5, 0.6) is 5.75 Å². The first-order valence-corrected chi connectivity index (χ1v) is 11.1. The van der Waals surface area contributed by atoms with Crippen LogP contribution in [0, 0.1) is 0 Å². The summed E-state index contributed by atoms with van der Waals surface area (Å²) in [6.07, 6.45) is 1.05. The second kappa shape index (κ2) is 9.21. The van der Waals surface area contributed by atoms with Crippen LogP contribution in [0.25, 0.3) is 0 Å². The molecule has 2 atom stereocenters. The molecule has 5 nitrogen and oxygen atoms in total. The van der Waals surface area contributed by atoms with Gasteiger partial charge in [-0.1, -0.05) is 35.9 Å². The lowest BCUT2D eigenvalue weighted by Gasteiger charge is -2.36. The Balaban J connectivity index is 1.77. The lowest BCUT2D eigenvalue weighted by Crippen LogP contribution is -2.36.